The lowest BCUT2D eigenvalue weighted by Crippen LogP contribution is -2.45. The number of aryl methyl sites for hydroxylation is 2. The van der Waals surface area contributed by atoms with Crippen molar-refractivity contribution in [1.82, 2.24) is 20.9 Å². The predicted octanol–water partition coefficient (Wildman–Crippen LogP) is 0.705. The third kappa shape index (κ3) is 5.26. The number of amides is 1. The third-order valence-electron chi connectivity index (χ3n) is 5.05. The van der Waals surface area contributed by atoms with Gasteiger partial charge in [0.2, 0.25) is 11.7 Å². The maximum atomic E-state index is 12.9. The molecule has 1 saturated heterocycles. The predicted molar refractivity (Wildman–Crippen MR) is 105 cm³/mol. The highest BCUT2D eigenvalue weighted by atomic mass is 32.1. The van der Waals surface area contributed by atoms with Crippen LogP contribution in [0.15, 0.2) is 0 Å². The van der Waals surface area contributed by atoms with Gasteiger partial charge in [-0.25, -0.2) is 4.98 Å². The number of Topliss-reactive ketones (excluding diaryl/α,β-unsaturated/α-hetero) is 1. The van der Waals surface area contributed by atoms with E-state index in [0.717, 1.165) is 50.8 Å². The van der Waals surface area contributed by atoms with Gasteiger partial charge >= 0.3 is 0 Å². The first-order valence-electron chi connectivity index (χ1n) is 9.69. The minimum atomic E-state index is -0.586. The van der Waals surface area contributed by atoms with Crippen LogP contribution in [-0.2, 0) is 17.6 Å². The maximum Gasteiger partial charge on any atom is 0.237 e. The molecule has 8 nitrogen and oxygen atoms in total. The standard InChI is InChI=1S/C18H28N6O2S/c19-18(20)24-12(6-3-10-22-16(26)13-7-4-9-21-13)15(25)17-23-11-5-1-2-8-14(11)27-17/h12-13,21H,1-10H2,(H,22,26)(H4,19,20,24)/t12?,13-/m0/s1. The molecule has 2 aliphatic rings. The molecular formula is C18H28N6O2S. The van der Waals surface area contributed by atoms with Crippen molar-refractivity contribution in [3.05, 3.63) is 15.6 Å². The second kappa shape index (κ2) is 9.27. The summed E-state index contributed by atoms with van der Waals surface area (Å²) in [7, 11) is 0. The first-order valence-corrected chi connectivity index (χ1v) is 10.5. The molecule has 0 saturated carbocycles. The molecule has 27 heavy (non-hydrogen) atoms. The van der Waals surface area contributed by atoms with E-state index in [1.807, 2.05) is 0 Å². The Morgan fingerprint density at radius 1 is 1.33 bits per heavy atom. The monoisotopic (exact) mass is 392 g/mol. The molecule has 1 aliphatic carbocycles. The van der Waals surface area contributed by atoms with Crippen molar-refractivity contribution in [3.63, 3.8) is 0 Å². The van der Waals surface area contributed by atoms with Gasteiger partial charge in [-0.05, 0) is 57.9 Å². The van der Waals surface area contributed by atoms with Crippen molar-refractivity contribution >= 4 is 29.0 Å². The van der Waals surface area contributed by atoms with E-state index in [4.69, 9.17) is 11.1 Å². The molecule has 0 aromatic carbocycles. The van der Waals surface area contributed by atoms with Gasteiger partial charge in [0.15, 0.2) is 11.0 Å². The van der Waals surface area contributed by atoms with Crippen molar-refractivity contribution < 1.29 is 9.59 Å². The van der Waals surface area contributed by atoms with Crippen LogP contribution in [0.25, 0.3) is 0 Å². The Labute approximate surface area is 163 Å². The van der Waals surface area contributed by atoms with Crippen molar-refractivity contribution in [2.45, 2.75) is 63.5 Å². The van der Waals surface area contributed by atoms with E-state index in [-0.39, 0.29) is 23.7 Å². The average Bonchev–Trinajstić information content (AvgIpc) is 3.32. The van der Waals surface area contributed by atoms with Gasteiger partial charge < -0.3 is 21.7 Å². The van der Waals surface area contributed by atoms with E-state index in [1.54, 1.807) is 0 Å². The van der Waals surface area contributed by atoms with Gasteiger partial charge in [0.05, 0.1) is 17.8 Å². The lowest BCUT2D eigenvalue weighted by molar-refractivity contribution is -0.122. The number of ketones is 1. The van der Waals surface area contributed by atoms with Crippen molar-refractivity contribution in [3.8, 4) is 0 Å². The molecule has 1 fully saturated rings. The summed E-state index contributed by atoms with van der Waals surface area (Å²) < 4.78 is 0. The summed E-state index contributed by atoms with van der Waals surface area (Å²) in [5, 5.41) is 16.8. The summed E-state index contributed by atoms with van der Waals surface area (Å²) in [6, 6.07) is -0.684. The van der Waals surface area contributed by atoms with E-state index in [1.165, 1.54) is 16.2 Å². The molecule has 2 atom stereocenters. The van der Waals surface area contributed by atoms with Crippen LogP contribution < -0.4 is 21.7 Å². The number of nitrogens with one attached hydrogen (secondary N) is 4. The Balaban J connectivity index is 1.53. The highest BCUT2D eigenvalue weighted by Gasteiger charge is 2.26. The van der Waals surface area contributed by atoms with Crippen LogP contribution in [0.5, 0.6) is 0 Å². The molecule has 1 aliphatic heterocycles. The fourth-order valence-corrected chi connectivity index (χ4v) is 4.76. The van der Waals surface area contributed by atoms with Crippen LogP contribution in [0.1, 0.15) is 58.9 Å². The largest absolute Gasteiger partial charge is 0.370 e. The van der Waals surface area contributed by atoms with E-state index in [2.05, 4.69) is 20.9 Å². The molecule has 6 N–H and O–H groups in total. The van der Waals surface area contributed by atoms with E-state index >= 15 is 0 Å². The number of nitrogens with zero attached hydrogens (tertiary/aromatic N) is 1. The SMILES string of the molecule is N=C(N)NC(CCCNC(=O)[C@@H]1CCCN1)C(=O)c1nc2c(s1)CCCC2. The first-order chi connectivity index (χ1) is 13.0. The van der Waals surface area contributed by atoms with Gasteiger partial charge in [-0.15, -0.1) is 11.3 Å². The molecule has 1 aromatic rings. The zero-order chi connectivity index (χ0) is 19.2. The molecule has 0 radical (unpaired) electrons. The number of carbonyl (C=O) groups is 2. The van der Waals surface area contributed by atoms with E-state index < -0.39 is 6.04 Å². The molecule has 1 unspecified atom stereocenters. The summed E-state index contributed by atoms with van der Waals surface area (Å²) in [6.07, 6.45) is 7.20. The van der Waals surface area contributed by atoms with Gasteiger partial charge in [-0.2, -0.15) is 0 Å². The number of rotatable bonds is 8. The van der Waals surface area contributed by atoms with Crippen LogP contribution in [0.2, 0.25) is 0 Å². The second-order valence-electron chi connectivity index (χ2n) is 7.15. The van der Waals surface area contributed by atoms with Crippen molar-refractivity contribution in [1.29, 1.82) is 5.41 Å². The molecule has 0 bridgehead atoms. The molecule has 1 aromatic heterocycles. The highest BCUT2D eigenvalue weighted by molar-refractivity contribution is 7.13. The van der Waals surface area contributed by atoms with Gasteiger partial charge in [-0.3, -0.25) is 15.0 Å². The summed E-state index contributed by atoms with van der Waals surface area (Å²) in [6.45, 7) is 1.38. The van der Waals surface area contributed by atoms with Crippen LogP contribution in [0.4, 0.5) is 0 Å². The molecule has 3 rings (SSSR count). The quantitative estimate of drug-likeness (QED) is 0.191. The highest BCUT2D eigenvalue weighted by Crippen LogP contribution is 2.27. The summed E-state index contributed by atoms with van der Waals surface area (Å²) >= 11 is 1.47. The Bertz CT molecular complexity index is 675. The smallest absolute Gasteiger partial charge is 0.237 e. The van der Waals surface area contributed by atoms with Crippen LogP contribution in [-0.4, -0.2) is 47.8 Å². The van der Waals surface area contributed by atoms with Crippen LogP contribution in [0.3, 0.4) is 0 Å². The Morgan fingerprint density at radius 2 is 2.15 bits per heavy atom. The van der Waals surface area contributed by atoms with Crippen molar-refractivity contribution in [2.75, 3.05) is 13.1 Å². The number of guanidine groups is 1. The second-order valence-corrected chi connectivity index (χ2v) is 8.24. The number of fused-ring (bicyclic) bond motifs is 1. The lowest BCUT2D eigenvalue weighted by atomic mass is 10.0. The number of nitrogens with two attached hydrogens (primary N) is 1. The lowest BCUT2D eigenvalue weighted by Gasteiger charge is -2.17. The Hall–Kier alpha value is -2.00. The number of hydrogen-bond acceptors (Lipinski definition) is 6. The maximum absolute atomic E-state index is 12.9. The number of thiazole rings is 1. The fraction of sp³-hybridized carbons (Fsp3) is 0.667. The number of aromatic nitrogens is 1. The summed E-state index contributed by atoms with van der Waals surface area (Å²) in [4.78, 5) is 30.6. The van der Waals surface area contributed by atoms with Gasteiger partial charge in [0.25, 0.3) is 0 Å². The van der Waals surface area contributed by atoms with Crippen LogP contribution >= 0.6 is 11.3 Å². The normalized spacial score (nSPS) is 19.9. The van der Waals surface area contributed by atoms with Gasteiger partial charge in [-0.1, -0.05) is 0 Å². The molecular weight excluding hydrogens is 364 g/mol. The van der Waals surface area contributed by atoms with E-state index in [0.29, 0.717) is 24.4 Å². The summed E-state index contributed by atoms with van der Waals surface area (Å²) in [5.41, 5.74) is 6.52. The fourth-order valence-electron chi connectivity index (χ4n) is 3.61. The molecule has 1 amide bonds. The minimum absolute atomic E-state index is 0.0162. The Kier molecular flexibility index (Phi) is 6.78. The number of hydrogen-bond donors (Lipinski definition) is 5. The van der Waals surface area contributed by atoms with Crippen molar-refractivity contribution in [2.24, 2.45) is 5.73 Å². The summed E-state index contributed by atoms with van der Waals surface area (Å²) in [5.74, 6) is -0.329. The topological polar surface area (TPSA) is 133 Å². The minimum Gasteiger partial charge on any atom is -0.370 e. The molecule has 0 spiro atoms. The third-order valence-corrected chi connectivity index (χ3v) is 6.22. The van der Waals surface area contributed by atoms with E-state index in [9.17, 15) is 9.59 Å². The van der Waals surface area contributed by atoms with Crippen LogP contribution in [0, 0.1) is 5.41 Å². The average molecular weight is 393 g/mol. The molecule has 2 heterocycles. The molecule has 9 heteroatoms. The first kappa shape index (κ1) is 19.8. The zero-order valence-corrected chi connectivity index (χ0v) is 16.3. The zero-order valence-electron chi connectivity index (χ0n) is 15.5. The number of carbonyl (C=O) groups excluding carboxylic acids is 2. The van der Waals surface area contributed by atoms with Gasteiger partial charge in [0, 0.05) is 11.4 Å². The Morgan fingerprint density at radius 3 is 2.85 bits per heavy atom. The molecule has 148 valence electrons. The van der Waals surface area contributed by atoms with Gasteiger partial charge in [0.1, 0.15) is 0 Å².